The molecule has 1 heterocycles. The first-order chi connectivity index (χ1) is 12.5. The van der Waals surface area contributed by atoms with E-state index in [0.29, 0.717) is 16.4 Å². The Morgan fingerprint density at radius 1 is 1.12 bits per heavy atom. The van der Waals surface area contributed by atoms with Crippen LogP contribution >= 0.6 is 0 Å². The number of aromatic nitrogens is 1. The number of rotatable bonds is 6. The summed E-state index contributed by atoms with van der Waals surface area (Å²) in [5.74, 6) is 1.22. The van der Waals surface area contributed by atoms with Crippen molar-refractivity contribution in [3.8, 4) is 0 Å². The SMILES string of the molecule is O=S(=O)(Cc1cccnc1)c1ccc(C2(CO)CC2C2CCCC2)cc1. The lowest BCUT2D eigenvalue weighted by Crippen LogP contribution is -2.19. The van der Waals surface area contributed by atoms with Crippen LogP contribution in [0.3, 0.4) is 0 Å². The minimum absolute atomic E-state index is 0.0456. The summed E-state index contributed by atoms with van der Waals surface area (Å²) in [5.41, 5.74) is 1.62. The zero-order valence-corrected chi connectivity index (χ0v) is 15.7. The van der Waals surface area contributed by atoms with Gasteiger partial charge in [-0.15, -0.1) is 0 Å². The quantitative estimate of drug-likeness (QED) is 0.844. The van der Waals surface area contributed by atoms with E-state index in [2.05, 4.69) is 4.98 Å². The molecule has 0 spiro atoms. The van der Waals surface area contributed by atoms with E-state index in [1.807, 2.05) is 12.1 Å². The van der Waals surface area contributed by atoms with Crippen molar-refractivity contribution in [1.82, 2.24) is 4.98 Å². The highest BCUT2D eigenvalue weighted by Crippen LogP contribution is 2.60. The topological polar surface area (TPSA) is 67.3 Å². The Kier molecular flexibility index (Phi) is 4.61. The number of sulfone groups is 1. The van der Waals surface area contributed by atoms with Gasteiger partial charge in [0.05, 0.1) is 17.3 Å². The number of aliphatic hydroxyl groups is 1. The highest BCUT2D eigenvalue weighted by molar-refractivity contribution is 7.90. The highest BCUT2D eigenvalue weighted by atomic mass is 32.2. The van der Waals surface area contributed by atoms with Gasteiger partial charge in [-0.25, -0.2) is 8.42 Å². The van der Waals surface area contributed by atoms with E-state index in [4.69, 9.17) is 0 Å². The molecular formula is C21H25NO3S. The van der Waals surface area contributed by atoms with Crippen molar-refractivity contribution in [2.75, 3.05) is 6.61 Å². The first-order valence-corrected chi connectivity index (χ1v) is 11.0. The maximum absolute atomic E-state index is 12.6. The molecule has 4 rings (SSSR count). The van der Waals surface area contributed by atoms with Crippen molar-refractivity contribution >= 4 is 9.84 Å². The third-order valence-electron chi connectivity index (χ3n) is 6.25. The Morgan fingerprint density at radius 2 is 1.85 bits per heavy atom. The van der Waals surface area contributed by atoms with Crippen LogP contribution in [0.2, 0.25) is 0 Å². The average molecular weight is 372 g/mol. The smallest absolute Gasteiger partial charge is 0.182 e. The van der Waals surface area contributed by atoms with E-state index in [0.717, 1.165) is 17.9 Å². The van der Waals surface area contributed by atoms with Gasteiger partial charge in [0.2, 0.25) is 0 Å². The van der Waals surface area contributed by atoms with E-state index in [9.17, 15) is 13.5 Å². The molecule has 0 aliphatic heterocycles. The van der Waals surface area contributed by atoms with Crippen LogP contribution in [-0.2, 0) is 21.0 Å². The highest BCUT2D eigenvalue weighted by Gasteiger charge is 2.57. The fraction of sp³-hybridized carbons (Fsp3) is 0.476. The van der Waals surface area contributed by atoms with Gasteiger partial charge in [-0.1, -0.05) is 43.9 Å². The molecule has 4 nitrogen and oxygen atoms in total. The summed E-state index contributed by atoms with van der Waals surface area (Å²) in [6, 6.07) is 10.7. The Labute approximate surface area is 155 Å². The number of benzene rings is 1. The summed E-state index contributed by atoms with van der Waals surface area (Å²) in [4.78, 5) is 4.31. The first kappa shape index (κ1) is 17.7. The van der Waals surface area contributed by atoms with Gasteiger partial charge in [-0.3, -0.25) is 4.98 Å². The van der Waals surface area contributed by atoms with Crippen LogP contribution in [0.1, 0.15) is 43.2 Å². The van der Waals surface area contributed by atoms with E-state index in [1.54, 1.807) is 36.7 Å². The molecule has 2 atom stereocenters. The van der Waals surface area contributed by atoms with E-state index in [1.165, 1.54) is 25.7 Å². The molecule has 0 radical (unpaired) electrons. The van der Waals surface area contributed by atoms with Gasteiger partial charge in [0.1, 0.15) is 0 Å². The van der Waals surface area contributed by atoms with Crippen molar-refractivity contribution in [2.24, 2.45) is 11.8 Å². The van der Waals surface area contributed by atoms with Crippen molar-refractivity contribution in [1.29, 1.82) is 0 Å². The minimum atomic E-state index is -3.39. The number of hydrogen-bond acceptors (Lipinski definition) is 4. The maximum Gasteiger partial charge on any atom is 0.182 e. The number of aliphatic hydroxyl groups excluding tert-OH is 1. The summed E-state index contributed by atoms with van der Waals surface area (Å²) < 4.78 is 25.3. The molecule has 2 aromatic rings. The lowest BCUT2D eigenvalue weighted by molar-refractivity contribution is 0.233. The van der Waals surface area contributed by atoms with Crippen LogP contribution in [0.25, 0.3) is 0 Å². The summed E-state index contributed by atoms with van der Waals surface area (Å²) in [7, 11) is -3.39. The second-order valence-corrected chi connectivity index (χ2v) is 9.80. The van der Waals surface area contributed by atoms with Gasteiger partial charge < -0.3 is 5.11 Å². The summed E-state index contributed by atoms with van der Waals surface area (Å²) in [6.45, 7) is 0.149. The fourth-order valence-corrected chi connectivity index (χ4v) is 6.02. The molecule has 2 aliphatic rings. The third kappa shape index (κ3) is 3.19. The Bertz CT molecular complexity index is 858. The third-order valence-corrected chi connectivity index (χ3v) is 7.96. The zero-order valence-electron chi connectivity index (χ0n) is 14.8. The van der Waals surface area contributed by atoms with Gasteiger partial charge in [0, 0.05) is 17.8 Å². The zero-order chi connectivity index (χ0) is 18.2. The predicted octanol–water partition coefficient (Wildman–Crippen LogP) is 3.50. The largest absolute Gasteiger partial charge is 0.395 e. The lowest BCUT2D eigenvalue weighted by atomic mass is 9.88. The van der Waals surface area contributed by atoms with Crippen molar-refractivity contribution < 1.29 is 13.5 Å². The Hall–Kier alpha value is -1.72. The molecule has 2 fully saturated rings. The first-order valence-electron chi connectivity index (χ1n) is 9.38. The molecule has 2 aliphatic carbocycles. The second-order valence-electron chi connectivity index (χ2n) is 7.81. The Balaban J connectivity index is 1.53. The van der Waals surface area contributed by atoms with Crippen molar-refractivity contribution in [3.63, 3.8) is 0 Å². The molecule has 0 amide bonds. The van der Waals surface area contributed by atoms with Gasteiger partial charge in [-0.05, 0) is 47.6 Å². The van der Waals surface area contributed by atoms with Gasteiger partial charge in [0.15, 0.2) is 9.84 Å². The van der Waals surface area contributed by atoms with Crippen molar-refractivity contribution in [2.45, 2.75) is 48.2 Å². The van der Waals surface area contributed by atoms with Crippen LogP contribution in [0, 0.1) is 11.8 Å². The lowest BCUT2D eigenvalue weighted by Gasteiger charge is -2.19. The minimum Gasteiger partial charge on any atom is -0.395 e. The van der Waals surface area contributed by atoms with E-state index < -0.39 is 9.84 Å². The predicted molar refractivity (Wildman–Crippen MR) is 100 cm³/mol. The molecule has 1 N–H and O–H groups in total. The molecule has 1 aromatic carbocycles. The van der Waals surface area contributed by atoms with Crippen LogP contribution in [-0.4, -0.2) is 25.1 Å². The molecule has 0 saturated heterocycles. The Morgan fingerprint density at radius 3 is 2.46 bits per heavy atom. The molecule has 138 valence electrons. The molecular weight excluding hydrogens is 346 g/mol. The monoisotopic (exact) mass is 371 g/mol. The molecule has 26 heavy (non-hydrogen) atoms. The van der Waals surface area contributed by atoms with Gasteiger partial charge in [-0.2, -0.15) is 0 Å². The summed E-state index contributed by atoms with van der Waals surface area (Å²) in [6.07, 6.45) is 9.38. The molecule has 2 unspecified atom stereocenters. The fourth-order valence-electron chi connectivity index (χ4n) is 4.70. The van der Waals surface area contributed by atoms with E-state index >= 15 is 0 Å². The van der Waals surface area contributed by atoms with E-state index in [-0.39, 0.29) is 17.8 Å². The molecule has 0 bridgehead atoms. The maximum atomic E-state index is 12.6. The summed E-state index contributed by atoms with van der Waals surface area (Å²) >= 11 is 0. The molecule has 1 aromatic heterocycles. The summed E-state index contributed by atoms with van der Waals surface area (Å²) in [5, 5.41) is 10.0. The molecule has 5 heteroatoms. The van der Waals surface area contributed by atoms with Crippen LogP contribution in [0.5, 0.6) is 0 Å². The van der Waals surface area contributed by atoms with Crippen LogP contribution in [0.15, 0.2) is 53.7 Å². The van der Waals surface area contributed by atoms with Crippen LogP contribution in [0.4, 0.5) is 0 Å². The second kappa shape index (κ2) is 6.78. The average Bonchev–Trinajstić information content (AvgIpc) is 3.16. The van der Waals surface area contributed by atoms with Crippen LogP contribution < -0.4 is 0 Å². The van der Waals surface area contributed by atoms with Gasteiger partial charge in [0.25, 0.3) is 0 Å². The number of nitrogens with zero attached hydrogens (tertiary/aromatic N) is 1. The number of hydrogen-bond donors (Lipinski definition) is 1. The standard InChI is InChI=1S/C21H25NO3S/c23-15-21(12-20(21)17-5-1-2-6-17)18-7-9-19(10-8-18)26(24,25)14-16-4-3-11-22-13-16/h3-4,7-11,13,17,20,23H,1-2,5-6,12,14-15H2. The van der Waals surface area contributed by atoms with Crippen molar-refractivity contribution in [3.05, 3.63) is 59.9 Å². The van der Waals surface area contributed by atoms with Gasteiger partial charge >= 0.3 is 0 Å². The normalized spacial score (nSPS) is 26.1. The molecule has 2 saturated carbocycles. The number of pyridine rings is 1.